The van der Waals surface area contributed by atoms with Crippen molar-refractivity contribution in [3.8, 4) is 0 Å². The van der Waals surface area contributed by atoms with Gasteiger partial charge in [-0.15, -0.1) is 0 Å². The van der Waals surface area contributed by atoms with E-state index in [1.54, 1.807) is 17.7 Å². The summed E-state index contributed by atoms with van der Waals surface area (Å²) in [6, 6.07) is 0. The fourth-order valence-corrected chi connectivity index (χ4v) is 5.13. The molecule has 0 atom stereocenters. The third-order valence-corrected chi connectivity index (χ3v) is 6.07. The lowest BCUT2D eigenvalue weighted by molar-refractivity contribution is -0.135. The van der Waals surface area contributed by atoms with Crippen molar-refractivity contribution in [2.24, 2.45) is 0 Å². The molecule has 90 valence electrons. The highest BCUT2D eigenvalue weighted by Crippen LogP contribution is 2.41. The first-order valence-electron chi connectivity index (χ1n) is 4.56. The molecule has 1 heterocycles. The van der Waals surface area contributed by atoms with Crippen molar-refractivity contribution >= 4 is 39.3 Å². The molecule has 0 fully saturated rings. The Morgan fingerprint density at radius 1 is 1.38 bits per heavy atom. The van der Waals surface area contributed by atoms with E-state index in [1.807, 2.05) is 0 Å². The Kier molecular flexibility index (Phi) is 4.94. The molecule has 0 aromatic heterocycles. The van der Waals surface area contributed by atoms with E-state index in [9.17, 15) is 13.2 Å². The van der Waals surface area contributed by atoms with E-state index in [4.69, 9.17) is 0 Å². The average Bonchev–Trinajstić information content (AvgIpc) is 2.70. The molecule has 1 aliphatic heterocycles. The summed E-state index contributed by atoms with van der Waals surface area (Å²) in [5.74, 6) is -0.825. The number of esters is 1. The molecular formula is C9H12O4S3. The lowest BCUT2D eigenvalue weighted by Gasteiger charge is -2.08. The molecule has 0 saturated carbocycles. The summed E-state index contributed by atoms with van der Waals surface area (Å²) in [4.78, 5) is 11.3. The van der Waals surface area contributed by atoms with E-state index < -0.39 is 15.8 Å². The first-order valence-corrected chi connectivity index (χ1v) is 7.97. The van der Waals surface area contributed by atoms with Crippen molar-refractivity contribution in [1.82, 2.24) is 0 Å². The molecule has 0 unspecified atom stereocenters. The third-order valence-electron chi connectivity index (χ3n) is 1.75. The summed E-state index contributed by atoms with van der Waals surface area (Å²) in [5.41, 5.74) is 0. The number of thioether (sulfide) groups is 2. The van der Waals surface area contributed by atoms with E-state index in [0.717, 1.165) is 0 Å². The number of carbonyl (C=O) groups excluding carboxylic acids is 1. The van der Waals surface area contributed by atoms with Gasteiger partial charge in [0.15, 0.2) is 14.7 Å². The number of sulfone groups is 1. The largest absolute Gasteiger partial charge is 0.465 e. The summed E-state index contributed by atoms with van der Waals surface area (Å²) in [6.07, 6.45) is 0.471. The van der Waals surface area contributed by atoms with Crippen LogP contribution in [0.25, 0.3) is 0 Å². The Labute approximate surface area is 103 Å². The van der Waals surface area contributed by atoms with Crippen LogP contribution in [0.3, 0.4) is 0 Å². The standard InChI is InChI=1S/C9H12O4S3/c1-3-6-16(11,12)7(8(10)13-2)9-14-4-5-15-9/h4-5H,3,6H2,1-2H3. The van der Waals surface area contributed by atoms with E-state index in [0.29, 0.717) is 10.7 Å². The van der Waals surface area contributed by atoms with Crippen molar-refractivity contribution in [2.75, 3.05) is 12.9 Å². The number of carbonyl (C=O) groups is 1. The first-order chi connectivity index (χ1) is 7.53. The minimum absolute atomic E-state index is 0.0396. The van der Waals surface area contributed by atoms with Crippen LogP contribution in [0, 0.1) is 0 Å². The molecule has 16 heavy (non-hydrogen) atoms. The Morgan fingerprint density at radius 3 is 2.38 bits per heavy atom. The molecule has 7 heteroatoms. The number of hydrogen-bond acceptors (Lipinski definition) is 6. The van der Waals surface area contributed by atoms with Crippen molar-refractivity contribution in [2.45, 2.75) is 13.3 Å². The second kappa shape index (κ2) is 5.79. The van der Waals surface area contributed by atoms with Crippen molar-refractivity contribution in [3.63, 3.8) is 0 Å². The van der Waals surface area contributed by atoms with Gasteiger partial charge < -0.3 is 4.74 Å². The molecule has 0 aromatic rings. The van der Waals surface area contributed by atoms with Crippen molar-refractivity contribution in [1.29, 1.82) is 0 Å². The minimum atomic E-state index is -3.54. The van der Waals surface area contributed by atoms with Gasteiger partial charge in [0.05, 0.1) is 17.1 Å². The van der Waals surface area contributed by atoms with Crippen LogP contribution in [-0.2, 0) is 19.4 Å². The average molecular weight is 280 g/mol. The molecule has 0 spiro atoms. The quantitative estimate of drug-likeness (QED) is 0.580. The molecule has 1 aliphatic rings. The summed E-state index contributed by atoms with van der Waals surface area (Å²) in [5, 5.41) is 3.48. The Balaban J connectivity index is 3.16. The van der Waals surface area contributed by atoms with E-state index in [1.165, 1.54) is 30.6 Å². The molecule has 0 aromatic carbocycles. The van der Waals surface area contributed by atoms with Gasteiger partial charge in [0.1, 0.15) is 0 Å². The smallest absolute Gasteiger partial charge is 0.351 e. The molecule has 1 rings (SSSR count). The fourth-order valence-electron chi connectivity index (χ4n) is 1.11. The summed E-state index contributed by atoms with van der Waals surface area (Å²) < 4.78 is 28.8. The Bertz CT molecular complexity index is 424. The predicted molar refractivity (Wildman–Crippen MR) is 67.4 cm³/mol. The van der Waals surface area contributed by atoms with Gasteiger partial charge in [-0.1, -0.05) is 30.4 Å². The summed E-state index contributed by atoms with van der Waals surface area (Å²) in [6.45, 7) is 1.75. The number of methoxy groups -OCH3 is 1. The lowest BCUT2D eigenvalue weighted by Crippen LogP contribution is -2.18. The molecule has 0 aliphatic carbocycles. The highest BCUT2D eigenvalue weighted by Gasteiger charge is 2.30. The third kappa shape index (κ3) is 3.05. The molecule has 0 N–H and O–H groups in total. The van der Waals surface area contributed by atoms with Crippen LogP contribution < -0.4 is 0 Å². The molecule has 4 nitrogen and oxygen atoms in total. The van der Waals surface area contributed by atoms with Gasteiger partial charge in [0.2, 0.25) is 0 Å². The monoisotopic (exact) mass is 280 g/mol. The van der Waals surface area contributed by atoms with E-state index in [-0.39, 0.29) is 10.7 Å². The van der Waals surface area contributed by atoms with Crippen LogP contribution in [0.1, 0.15) is 13.3 Å². The normalized spacial score (nSPS) is 15.2. The number of hydrogen-bond donors (Lipinski definition) is 0. The zero-order valence-corrected chi connectivity index (χ0v) is 11.4. The summed E-state index contributed by atoms with van der Waals surface area (Å²) in [7, 11) is -2.36. The van der Waals surface area contributed by atoms with Gasteiger partial charge in [-0.25, -0.2) is 13.2 Å². The Morgan fingerprint density at radius 2 is 1.94 bits per heavy atom. The molecular weight excluding hydrogens is 268 g/mol. The second-order valence-corrected chi connectivity index (χ2v) is 7.07. The topological polar surface area (TPSA) is 60.4 Å². The van der Waals surface area contributed by atoms with Crippen LogP contribution >= 0.6 is 23.5 Å². The van der Waals surface area contributed by atoms with Gasteiger partial charge in [-0.2, -0.15) is 0 Å². The van der Waals surface area contributed by atoms with Gasteiger partial charge in [0.25, 0.3) is 0 Å². The zero-order chi connectivity index (χ0) is 12.2. The maximum absolute atomic E-state index is 11.9. The number of rotatable bonds is 4. The van der Waals surface area contributed by atoms with Crippen LogP contribution in [0.5, 0.6) is 0 Å². The zero-order valence-electron chi connectivity index (χ0n) is 8.93. The van der Waals surface area contributed by atoms with Gasteiger partial charge in [-0.3, -0.25) is 0 Å². The van der Waals surface area contributed by atoms with Gasteiger partial charge in [-0.05, 0) is 17.2 Å². The lowest BCUT2D eigenvalue weighted by atomic mass is 10.6. The molecule has 0 radical (unpaired) electrons. The first kappa shape index (κ1) is 13.7. The van der Waals surface area contributed by atoms with Crippen LogP contribution in [0.4, 0.5) is 0 Å². The SMILES string of the molecule is CCCS(=O)(=O)C(C(=O)OC)=C1SC=CS1. The maximum Gasteiger partial charge on any atom is 0.351 e. The fraction of sp³-hybridized carbons (Fsp3) is 0.444. The highest BCUT2D eigenvalue weighted by molar-refractivity contribution is 8.28. The highest BCUT2D eigenvalue weighted by atomic mass is 32.2. The molecule has 0 amide bonds. The predicted octanol–water partition coefficient (Wildman–Crippen LogP) is 2.10. The van der Waals surface area contributed by atoms with Gasteiger partial charge in [0, 0.05) is 0 Å². The van der Waals surface area contributed by atoms with Crippen LogP contribution in [0.15, 0.2) is 20.0 Å². The second-order valence-electron chi connectivity index (χ2n) is 2.93. The number of ether oxygens (including phenoxy) is 1. The van der Waals surface area contributed by atoms with Crippen molar-refractivity contribution < 1.29 is 17.9 Å². The minimum Gasteiger partial charge on any atom is -0.465 e. The Hall–Kier alpha value is -0.400. The van der Waals surface area contributed by atoms with Crippen molar-refractivity contribution in [3.05, 3.63) is 20.0 Å². The van der Waals surface area contributed by atoms with Crippen LogP contribution in [0.2, 0.25) is 0 Å². The van der Waals surface area contributed by atoms with E-state index >= 15 is 0 Å². The maximum atomic E-state index is 11.9. The van der Waals surface area contributed by atoms with Gasteiger partial charge >= 0.3 is 5.97 Å². The molecule has 0 bridgehead atoms. The summed E-state index contributed by atoms with van der Waals surface area (Å²) >= 11 is 2.46. The van der Waals surface area contributed by atoms with E-state index in [2.05, 4.69) is 4.74 Å². The van der Waals surface area contributed by atoms with Crippen LogP contribution in [-0.4, -0.2) is 27.2 Å². The molecule has 0 saturated heterocycles.